The maximum absolute atomic E-state index is 13.0. The minimum Gasteiger partial charge on any atom is -0.353 e. The molecule has 2 heterocycles. The predicted octanol–water partition coefficient (Wildman–Crippen LogP) is 4.16. The van der Waals surface area contributed by atoms with E-state index in [9.17, 15) is 23.2 Å². The third-order valence-electron chi connectivity index (χ3n) is 5.56. The number of para-hydroxylation sites is 2. The van der Waals surface area contributed by atoms with Crippen molar-refractivity contribution in [2.24, 2.45) is 0 Å². The Morgan fingerprint density at radius 1 is 1.19 bits per heavy atom. The molecule has 1 aliphatic heterocycles. The van der Waals surface area contributed by atoms with Crippen LogP contribution in [0.4, 0.5) is 19.0 Å². The van der Waals surface area contributed by atoms with Crippen molar-refractivity contribution in [3.8, 4) is 17.3 Å². The van der Waals surface area contributed by atoms with Gasteiger partial charge in [-0.05, 0) is 37.6 Å². The van der Waals surface area contributed by atoms with E-state index in [2.05, 4.69) is 6.07 Å². The van der Waals surface area contributed by atoms with E-state index in [1.54, 1.807) is 25.1 Å². The van der Waals surface area contributed by atoms with Gasteiger partial charge in [0.1, 0.15) is 5.69 Å². The second kappa shape index (κ2) is 8.46. The zero-order chi connectivity index (χ0) is 22.9. The van der Waals surface area contributed by atoms with Crippen LogP contribution >= 0.6 is 0 Å². The number of carbonyl (C=O) groups excluding carboxylic acids is 1. The minimum absolute atomic E-state index is 0.0304. The van der Waals surface area contributed by atoms with Crippen LogP contribution < -0.4 is 4.90 Å². The summed E-state index contributed by atoms with van der Waals surface area (Å²) >= 11 is 0. The van der Waals surface area contributed by atoms with Gasteiger partial charge >= 0.3 is 12.1 Å². The van der Waals surface area contributed by atoms with E-state index < -0.39 is 18.1 Å². The lowest BCUT2D eigenvalue weighted by atomic mass is 10.1. The summed E-state index contributed by atoms with van der Waals surface area (Å²) in [7, 11) is 0. The van der Waals surface area contributed by atoms with Crippen molar-refractivity contribution in [2.75, 3.05) is 24.5 Å². The number of likely N-dealkylation sites (N-methyl/N-ethyl adjacent to an activating group) is 1. The first kappa shape index (κ1) is 21.6. The number of anilines is 1. The SMILES string of the molecule is CCN(C(=O)C(F)(F)F)[C@H]1CCN(c2nc3ccccc3nc2-c2cccc(C#N)c2)C1. The maximum Gasteiger partial charge on any atom is 0.471 e. The Balaban J connectivity index is 1.74. The molecule has 0 saturated carbocycles. The molecule has 0 spiro atoms. The molecule has 0 N–H and O–H groups in total. The standard InChI is InChI=1S/C23H20F3N5O/c1-2-31(22(32)23(24,25)26)17-10-11-30(14-17)21-20(16-7-5-6-15(12-16)13-27)28-18-8-3-4-9-19(18)29-21/h3-9,12,17H,2,10-11,14H2,1H3/t17-/m0/s1. The third-order valence-corrected chi connectivity index (χ3v) is 5.56. The molecular weight excluding hydrogens is 419 g/mol. The Labute approximate surface area is 182 Å². The quantitative estimate of drug-likeness (QED) is 0.611. The molecule has 0 unspecified atom stereocenters. The molecule has 164 valence electrons. The van der Waals surface area contributed by atoms with Crippen LogP contribution in [0.1, 0.15) is 18.9 Å². The van der Waals surface area contributed by atoms with E-state index in [0.29, 0.717) is 46.6 Å². The number of rotatable bonds is 4. The van der Waals surface area contributed by atoms with E-state index in [1.165, 1.54) is 0 Å². The largest absolute Gasteiger partial charge is 0.471 e. The number of halogens is 3. The molecule has 1 aromatic heterocycles. The van der Waals surface area contributed by atoms with Gasteiger partial charge in [-0.15, -0.1) is 0 Å². The molecule has 6 nitrogen and oxygen atoms in total. The lowest BCUT2D eigenvalue weighted by Gasteiger charge is -2.29. The van der Waals surface area contributed by atoms with Gasteiger partial charge in [0.05, 0.1) is 28.7 Å². The monoisotopic (exact) mass is 439 g/mol. The molecule has 3 aromatic rings. The van der Waals surface area contributed by atoms with Crippen molar-refractivity contribution < 1.29 is 18.0 Å². The zero-order valence-corrected chi connectivity index (χ0v) is 17.3. The number of nitrogens with zero attached hydrogens (tertiary/aromatic N) is 5. The number of nitriles is 1. The Hall–Kier alpha value is -3.67. The summed E-state index contributed by atoms with van der Waals surface area (Å²) in [6.07, 6.45) is -4.52. The van der Waals surface area contributed by atoms with Gasteiger partial charge < -0.3 is 9.80 Å². The van der Waals surface area contributed by atoms with Gasteiger partial charge in [-0.3, -0.25) is 4.79 Å². The van der Waals surface area contributed by atoms with Crippen LogP contribution in [-0.4, -0.2) is 52.6 Å². The van der Waals surface area contributed by atoms with E-state index in [4.69, 9.17) is 9.97 Å². The fourth-order valence-electron chi connectivity index (χ4n) is 4.06. The van der Waals surface area contributed by atoms with Crippen LogP contribution in [0, 0.1) is 11.3 Å². The molecule has 1 atom stereocenters. The van der Waals surface area contributed by atoms with E-state index >= 15 is 0 Å². The van der Waals surface area contributed by atoms with Crippen molar-refractivity contribution in [3.05, 3.63) is 54.1 Å². The number of aromatic nitrogens is 2. The second-order valence-corrected chi connectivity index (χ2v) is 7.55. The molecule has 1 fully saturated rings. The maximum atomic E-state index is 13.0. The summed E-state index contributed by atoms with van der Waals surface area (Å²) in [4.78, 5) is 24.1. The molecule has 32 heavy (non-hydrogen) atoms. The van der Waals surface area contributed by atoms with Gasteiger partial charge in [0, 0.05) is 25.2 Å². The molecule has 1 amide bonds. The second-order valence-electron chi connectivity index (χ2n) is 7.55. The highest BCUT2D eigenvalue weighted by atomic mass is 19.4. The molecule has 0 aliphatic carbocycles. The van der Waals surface area contributed by atoms with Crippen LogP contribution in [0.2, 0.25) is 0 Å². The lowest BCUT2D eigenvalue weighted by Crippen LogP contribution is -2.48. The van der Waals surface area contributed by atoms with Gasteiger partial charge in [-0.2, -0.15) is 18.4 Å². The Kier molecular flexibility index (Phi) is 5.70. The Morgan fingerprint density at radius 3 is 2.56 bits per heavy atom. The van der Waals surface area contributed by atoms with Gasteiger partial charge in [0.15, 0.2) is 5.82 Å². The fraction of sp³-hybridized carbons (Fsp3) is 0.304. The van der Waals surface area contributed by atoms with Gasteiger partial charge in [-0.1, -0.05) is 24.3 Å². The lowest BCUT2D eigenvalue weighted by molar-refractivity contribution is -0.187. The number of hydrogen-bond acceptors (Lipinski definition) is 5. The molecule has 1 saturated heterocycles. The molecular formula is C23H20F3N5O. The first-order valence-electron chi connectivity index (χ1n) is 10.2. The van der Waals surface area contributed by atoms with Gasteiger partial charge in [0.2, 0.25) is 0 Å². The number of carbonyl (C=O) groups is 1. The average Bonchev–Trinajstić information content (AvgIpc) is 3.27. The van der Waals surface area contributed by atoms with Gasteiger partial charge in [-0.25, -0.2) is 9.97 Å². The fourth-order valence-corrected chi connectivity index (χ4v) is 4.06. The van der Waals surface area contributed by atoms with Crippen LogP contribution in [-0.2, 0) is 4.79 Å². The first-order valence-corrected chi connectivity index (χ1v) is 10.2. The summed E-state index contributed by atoms with van der Waals surface area (Å²) in [6, 6.07) is 15.8. The van der Waals surface area contributed by atoms with E-state index in [1.807, 2.05) is 35.2 Å². The number of alkyl halides is 3. The van der Waals surface area contributed by atoms with E-state index in [0.717, 1.165) is 4.90 Å². The third kappa shape index (κ3) is 4.08. The highest BCUT2D eigenvalue weighted by molar-refractivity contribution is 5.84. The summed E-state index contributed by atoms with van der Waals surface area (Å²) in [5.74, 6) is -1.30. The van der Waals surface area contributed by atoms with Crippen LogP contribution in [0.15, 0.2) is 48.5 Å². The predicted molar refractivity (Wildman–Crippen MR) is 114 cm³/mol. The number of fused-ring (bicyclic) bond motifs is 1. The number of amides is 1. The average molecular weight is 439 g/mol. The van der Waals surface area contributed by atoms with E-state index in [-0.39, 0.29) is 13.1 Å². The Bertz CT molecular complexity index is 1200. The molecule has 9 heteroatoms. The van der Waals surface area contributed by atoms with Gasteiger partial charge in [0.25, 0.3) is 0 Å². The van der Waals surface area contributed by atoms with Crippen molar-refractivity contribution in [2.45, 2.75) is 25.6 Å². The smallest absolute Gasteiger partial charge is 0.353 e. The number of hydrogen-bond donors (Lipinski definition) is 0. The van der Waals surface area contributed by atoms with Crippen LogP contribution in [0.3, 0.4) is 0 Å². The van der Waals surface area contributed by atoms with Crippen LogP contribution in [0.5, 0.6) is 0 Å². The molecule has 2 aromatic carbocycles. The molecule has 1 aliphatic rings. The van der Waals surface area contributed by atoms with Crippen LogP contribution in [0.25, 0.3) is 22.3 Å². The summed E-state index contributed by atoms with van der Waals surface area (Å²) in [5, 5.41) is 9.28. The summed E-state index contributed by atoms with van der Waals surface area (Å²) in [5.41, 5.74) is 3.04. The molecule has 4 rings (SSSR count). The molecule has 0 bridgehead atoms. The molecule has 0 radical (unpaired) electrons. The van der Waals surface area contributed by atoms with Crippen molar-refractivity contribution in [1.82, 2.24) is 14.9 Å². The zero-order valence-electron chi connectivity index (χ0n) is 17.3. The van der Waals surface area contributed by atoms with Crippen molar-refractivity contribution >= 4 is 22.8 Å². The summed E-state index contributed by atoms with van der Waals surface area (Å²) in [6.45, 7) is 2.16. The normalized spacial score (nSPS) is 16.2. The Morgan fingerprint density at radius 2 is 1.91 bits per heavy atom. The van der Waals surface area contributed by atoms with Crippen molar-refractivity contribution in [1.29, 1.82) is 5.26 Å². The minimum atomic E-state index is -4.91. The summed E-state index contributed by atoms with van der Waals surface area (Å²) < 4.78 is 39.1. The number of benzene rings is 2. The topological polar surface area (TPSA) is 73.1 Å². The highest BCUT2D eigenvalue weighted by Gasteiger charge is 2.45. The highest BCUT2D eigenvalue weighted by Crippen LogP contribution is 2.33. The van der Waals surface area contributed by atoms with Crippen molar-refractivity contribution in [3.63, 3.8) is 0 Å². The first-order chi connectivity index (χ1) is 15.3.